The van der Waals surface area contributed by atoms with Gasteiger partial charge in [0.1, 0.15) is 0 Å². The molecular weight excluding hydrogens is 548 g/mol. The minimum absolute atomic E-state index is 0.0514. The van der Waals surface area contributed by atoms with Gasteiger partial charge in [-0.05, 0) is 66.4 Å². The third-order valence-corrected chi connectivity index (χ3v) is 12.1. The molecule has 1 spiro atoms. The molecule has 2 aliphatic heterocycles. The van der Waals surface area contributed by atoms with Crippen LogP contribution in [-0.4, -0.2) is 58.7 Å². The summed E-state index contributed by atoms with van der Waals surface area (Å²) in [5.41, 5.74) is 2.48. The molecule has 1 fully saturated rings. The summed E-state index contributed by atoms with van der Waals surface area (Å²) in [6.07, 6.45) is 1.55. The predicted molar refractivity (Wildman–Crippen MR) is 151 cm³/mol. The Morgan fingerprint density at radius 3 is 2.55 bits per heavy atom. The van der Waals surface area contributed by atoms with Gasteiger partial charge in [0.25, 0.3) is 0 Å². The van der Waals surface area contributed by atoms with Gasteiger partial charge in [-0.2, -0.15) is 4.31 Å². The number of carbonyl (C=O) groups excluding carboxylic acids is 2. The number of amides is 1. The summed E-state index contributed by atoms with van der Waals surface area (Å²) in [7, 11) is -5.29. The molecule has 2 aromatic carbocycles. The molecule has 2 heterocycles. The van der Waals surface area contributed by atoms with Crippen molar-refractivity contribution in [3.05, 3.63) is 64.7 Å². The number of benzene rings is 2. The molecule has 0 aromatic heterocycles. The Bertz CT molecular complexity index is 1530. The molecule has 0 unspecified atom stereocenters. The molecule has 11 heteroatoms. The van der Waals surface area contributed by atoms with Crippen LogP contribution in [-0.2, 0) is 25.0 Å². The number of hydrogen-bond donors (Lipinski definition) is 1. The average molecular weight is 583 g/mol. The molecule has 0 radical (unpaired) electrons. The molecule has 2 aliphatic carbocycles. The van der Waals surface area contributed by atoms with Gasteiger partial charge in [0.15, 0.2) is 17.3 Å². The van der Waals surface area contributed by atoms with Gasteiger partial charge in [-0.15, -0.1) is 0 Å². The van der Waals surface area contributed by atoms with E-state index in [-0.39, 0.29) is 30.4 Å². The van der Waals surface area contributed by atoms with E-state index in [1.807, 2.05) is 19.1 Å². The molecule has 40 heavy (non-hydrogen) atoms. The predicted octanol–water partition coefficient (Wildman–Crippen LogP) is 4.44. The highest BCUT2D eigenvalue weighted by Crippen LogP contribution is 2.61. The van der Waals surface area contributed by atoms with Crippen molar-refractivity contribution in [2.45, 2.75) is 67.8 Å². The molecule has 3 atom stereocenters. The molecule has 1 N–H and O–H groups in total. The van der Waals surface area contributed by atoms with Crippen molar-refractivity contribution in [2.75, 3.05) is 19.9 Å². The number of allylic oxidation sites excluding steroid dienone is 1. The molecule has 0 saturated carbocycles. The average Bonchev–Trinajstić information content (AvgIpc) is 3.56. The van der Waals surface area contributed by atoms with E-state index in [9.17, 15) is 18.0 Å². The van der Waals surface area contributed by atoms with Crippen LogP contribution in [0.5, 0.6) is 11.5 Å². The minimum atomic E-state index is -3.88. The van der Waals surface area contributed by atoms with Crippen LogP contribution in [0.1, 0.15) is 35.6 Å². The number of sulfonamides is 1. The van der Waals surface area contributed by atoms with E-state index in [0.717, 1.165) is 22.7 Å². The maximum atomic E-state index is 13.9. The third-order valence-electron chi connectivity index (χ3n) is 8.49. The molecule has 4 aliphatic rings. The number of rotatable bonds is 6. The fraction of sp³-hybridized carbons (Fsp3) is 0.448. The highest BCUT2D eigenvalue weighted by atomic mass is 32.2. The zero-order chi connectivity index (χ0) is 28.4. The topological polar surface area (TPSA) is 111 Å². The van der Waals surface area contributed by atoms with Crippen molar-refractivity contribution in [1.82, 2.24) is 9.62 Å². The lowest BCUT2D eigenvalue weighted by molar-refractivity contribution is -0.116. The van der Waals surface area contributed by atoms with Gasteiger partial charge in [0.2, 0.25) is 16.8 Å². The molecule has 1 saturated heterocycles. The molecule has 0 bridgehead atoms. The Morgan fingerprint density at radius 1 is 1.15 bits per heavy atom. The van der Waals surface area contributed by atoms with Crippen molar-refractivity contribution in [1.29, 1.82) is 0 Å². The van der Waals surface area contributed by atoms with Gasteiger partial charge in [0, 0.05) is 32.5 Å². The quantitative estimate of drug-likeness (QED) is 0.501. The molecule has 2 aromatic rings. The maximum Gasteiger partial charge on any atom is 0.407 e. The van der Waals surface area contributed by atoms with Gasteiger partial charge in [0.05, 0.1) is 17.5 Å². The number of nitrogens with one attached hydrogen (secondary N) is 1. The first-order valence-electron chi connectivity index (χ1n) is 13.6. The maximum absolute atomic E-state index is 13.9. The Morgan fingerprint density at radius 2 is 1.85 bits per heavy atom. The zero-order valence-electron chi connectivity index (χ0n) is 23.2. The Balaban J connectivity index is 1.41. The van der Waals surface area contributed by atoms with Crippen LogP contribution < -0.4 is 14.8 Å². The number of aryl methyl sites for hydroxylation is 1. The summed E-state index contributed by atoms with van der Waals surface area (Å²) in [4.78, 5) is 26.4. The van der Waals surface area contributed by atoms with Gasteiger partial charge >= 0.3 is 6.09 Å². The van der Waals surface area contributed by atoms with E-state index >= 15 is 0 Å². The summed E-state index contributed by atoms with van der Waals surface area (Å²) in [6.45, 7) is 9.18. The zero-order valence-corrected chi connectivity index (χ0v) is 25.0. The third kappa shape index (κ3) is 4.35. The van der Waals surface area contributed by atoms with Crippen molar-refractivity contribution >= 4 is 30.0 Å². The number of alkyl carbamates (subject to hydrolysis) is 1. The highest BCUT2D eigenvalue weighted by molar-refractivity contribution is 7.89. The fourth-order valence-electron chi connectivity index (χ4n) is 6.48. The fourth-order valence-corrected chi connectivity index (χ4v) is 8.86. The van der Waals surface area contributed by atoms with Crippen LogP contribution in [0.3, 0.4) is 0 Å². The second-order valence-corrected chi connectivity index (χ2v) is 19.8. The van der Waals surface area contributed by atoms with Crippen LogP contribution in [0, 0.1) is 6.92 Å². The lowest BCUT2D eigenvalue weighted by Crippen LogP contribution is -2.49. The first-order chi connectivity index (χ1) is 18.9. The van der Waals surface area contributed by atoms with Crippen molar-refractivity contribution in [3.8, 4) is 11.5 Å². The monoisotopic (exact) mass is 582 g/mol. The Kier molecular flexibility index (Phi) is 6.39. The molecule has 212 valence electrons. The number of ketones is 1. The van der Waals surface area contributed by atoms with Crippen molar-refractivity contribution in [3.63, 3.8) is 0 Å². The summed E-state index contributed by atoms with van der Waals surface area (Å²) < 4.78 is 46.2. The van der Waals surface area contributed by atoms with Gasteiger partial charge in [-0.25, -0.2) is 13.2 Å². The van der Waals surface area contributed by atoms with Gasteiger partial charge < -0.3 is 19.5 Å². The van der Waals surface area contributed by atoms with Gasteiger partial charge in [-0.1, -0.05) is 37.3 Å². The van der Waals surface area contributed by atoms with Gasteiger partial charge in [-0.3, -0.25) is 4.79 Å². The summed E-state index contributed by atoms with van der Waals surface area (Å²) in [5, 5.41) is 3.00. The van der Waals surface area contributed by atoms with Crippen LogP contribution in [0.15, 0.2) is 52.9 Å². The Hall–Kier alpha value is -3.15. The second-order valence-electron chi connectivity index (χ2n) is 12.3. The number of hydrogen-bond acceptors (Lipinski definition) is 7. The lowest BCUT2D eigenvalue weighted by Gasteiger charge is -2.39. The molecule has 6 rings (SSSR count). The highest BCUT2D eigenvalue weighted by Gasteiger charge is 2.62. The SMILES string of the molecule is Cc1ccc(S(=O)(=O)N2CC[C@]34C(=CC(=O)C[C@H]23)[C@H](NC(=O)OCC[Si](C)(C)C)c2cc3c(cc24)OCO3)cc1. The second kappa shape index (κ2) is 9.46. The minimum Gasteiger partial charge on any atom is -0.454 e. The van der Waals surface area contributed by atoms with E-state index in [4.69, 9.17) is 14.2 Å². The summed E-state index contributed by atoms with van der Waals surface area (Å²) in [5.74, 6) is 0.952. The first-order valence-corrected chi connectivity index (χ1v) is 18.8. The molecule has 1 amide bonds. The van der Waals surface area contributed by atoms with E-state index in [2.05, 4.69) is 25.0 Å². The summed E-state index contributed by atoms with van der Waals surface area (Å²) >= 11 is 0. The first kappa shape index (κ1) is 27.0. The van der Waals surface area contributed by atoms with E-state index < -0.39 is 41.7 Å². The molecule has 9 nitrogen and oxygen atoms in total. The van der Waals surface area contributed by atoms with Crippen LogP contribution in [0.25, 0.3) is 0 Å². The summed E-state index contributed by atoms with van der Waals surface area (Å²) in [6, 6.07) is 10.0. The van der Waals surface area contributed by atoms with Crippen LogP contribution in [0.2, 0.25) is 25.7 Å². The normalized spacial score (nSPS) is 25.2. The van der Waals surface area contributed by atoms with Crippen molar-refractivity contribution < 1.29 is 32.2 Å². The molecular formula is C29H34N2O7SSi. The van der Waals surface area contributed by atoms with E-state index in [1.54, 1.807) is 30.3 Å². The van der Waals surface area contributed by atoms with E-state index in [0.29, 0.717) is 30.1 Å². The number of nitrogens with zero attached hydrogens (tertiary/aromatic N) is 1. The lowest BCUT2D eigenvalue weighted by atomic mass is 9.67. The standard InChI is InChI=1S/C29H34N2O7SSi/c1-18-5-7-20(8-6-18)39(34,35)31-10-9-29-22-16-25-24(37-17-38-25)15-21(22)27(23(29)13-19(32)14-26(29)31)30-28(33)36-11-12-40(2,3)4/h5-8,13,15-16,26-27H,9-12,14,17H2,1-4H3,(H,30,33)/t26-,27+,29-/m0/s1. The van der Waals surface area contributed by atoms with E-state index in [1.165, 1.54) is 4.31 Å². The number of fused-ring (bicyclic) bond motifs is 2. The van der Waals surface area contributed by atoms with Crippen molar-refractivity contribution in [2.24, 2.45) is 0 Å². The Labute approximate surface area is 235 Å². The smallest absolute Gasteiger partial charge is 0.407 e. The van der Waals surface area contributed by atoms with Crippen LogP contribution in [0.4, 0.5) is 4.79 Å². The largest absolute Gasteiger partial charge is 0.454 e. The number of ether oxygens (including phenoxy) is 3. The number of carbonyl (C=O) groups is 2. The van der Waals surface area contributed by atoms with Crippen LogP contribution >= 0.6 is 0 Å².